The van der Waals surface area contributed by atoms with Gasteiger partial charge in [-0.15, -0.1) is 0 Å². The Balaban J connectivity index is 3.03. The van der Waals surface area contributed by atoms with Crippen LogP contribution in [0.4, 0.5) is 0 Å². The molecule has 0 aliphatic rings. The van der Waals surface area contributed by atoms with Crippen LogP contribution in [-0.4, -0.2) is 30.3 Å². The number of benzene rings is 1. The molecule has 0 radical (unpaired) electrons. The highest BCUT2D eigenvalue weighted by Gasteiger charge is 2.21. The van der Waals surface area contributed by atoms with E-state index in [-0.39, 0.29) is 24.5 Å². The van der Waals surface area contributed by atoms with Crippen LogP contribution in [0, 0.1) is 0 Å². The van der Waals surface area contributed by atoms with Crippen molar-refractivity contribution in [2.45, 2.75) is 26.7 Å². The molecule has 1 rings (SSSR count). The molecule has 0 aliphatic heterocycles. The first-order chi connectivity index (χ1) is 10.1. The van der Waals surface area contributed by atoms with Crippen molar-refractivity contribution in [2.24, 2.45) is 0 Å². The Labute approximate surface area is 124 Å². The molecule has 1 aromatic rings. The Morgan fingerprint density at radius 1 is 1.05 bits per heavy atom. The van der Waals surface area contributed by atoms with Gasteiger partial charge in [0.15, 0.2) is 0 Å². The molecule has 21 heavy (non-hydrogen) atoms. The minimum Gasteiger partial charge on any atom is -0.507 e. The van der Waals surface area contributed by atoms with Crippen molar-refractivity contribution in [2.75, 3.05) is 13.2 Å². The van der Waals surface area contributed by atoms with Gasteiger partial charge >= 0.3 is 11.9 Å². The van der Waals surface area contributed by atoms with Gasteiger partial charge < -0.3 is 14.6 Å². The first kappa shape index (κ1) is 16.8. The maximum absolute atomic E-state index is 11.9. The third kappa shape index (κ3) is 5.30. The topological polar surface area (TPSA) is 72.8 Å². The predicted molar refractivity (Wildman–Crippen MR) is 78.6 cm³/mol. The van der Waals surface area contributed by atoms with Crippen LogP contribution in [-0.2, 0) is 19.1 Å². The van der Waals surface area contributed by atoms with Gasteiger partial charge in [-0.2, -0.15) is 0 Å². The summed E-state index contributed by atoms with van der Waals surface area (Å²) in [5.74, 6) is -1.52. The first-order valence-corrected chi connectivity index (χ1v) is 6.94. The molecule has 0 spiro atoms. The lowest BCUT2D eigenvalue weighted by molar-refractivity contribution is -0.147. The molecule has 5 heteroatoms. The number of carbonyl (C=O) groups excluding carboxylic acids is 2. The summed E-state index contributed by atoms with van der Waals surface area (Å²) >= 11 is 0. The molecule has 0 unspecified atom stereocenters. The minimum absolute atomic E-state index is 0.0263. The zero-order valence-corrected chi connectivity index (χ0v) is 12.3. The van der Waals surface area contributed by atoms with Crippen LogP contribution in [0.1, 0.15) is 32.3 Å². The van der Waals surface area contributed by atoms with Crippen molar-refractivity contribution in [3.63, 3.8) is 0 Å². The van der Waals surface area contributed by atoms with E-state index in [0.29, 0.717) is 18.4 Å². The fourth-order valence-corrected chi connectivity index (χ4v) is 1.51. The summed E-state index contributed by atoms with van der Waals surface area (Å²) in [5, 5.41) is 9.73. The molecule has 0 aliphatic carbocycles. The molecule has 0 fully saturated rings. The number of aromatic hydroxyl groups is 1. The van der Waals surface area contributed by atoms with Crippen molar-refractivity contribution in [1.82, 2.24) is 0 Å². The van der Waals surface area contributed by atoms with Gasteiger partial charge in [0.2, 0.25) is 0 Å². The van der Waals surface area contributed by atoms with Crippen molar-refractivity contribution >= 4 is 18.0 Å². The Bertz CT molecular complexity index is 497. The normalized spacial score (nSPS) is 9.81. The van der Waals surface area contributed by atoms with Crippen LogP contribution in [0.5, 0.6) is 5.75 Å². The number of esters is 2. The van der Waals surface area contributed by atoms with E-state index in [1.54, 1.807) is 18.2 Å². The Hall–Kier alpha value is -2.30. The van der Waals surface area contributed by atoms with Crippen LogP contribution in [0.25, 0.3) is 6.08 Å². The quantitative estimate of drug-likeness (QED) is 0.362. The van der Waals surface area contributed by atoms with Crippen LogP contribution in [0.2, 0.25) is 0 Å². The summed E-state index contributed by atoms with van der Waals surface area (Å²) < 4.78 is 9.95. The average molecular weight is 292 g/mol. The van der Waals surface area contributed by atoms with E-state index in [4.69, 9.17) is 9.47 Å². The summed E-state index contributed by atoms with van der Waals surface area (Å²) in [6.07, 6.45) is 2.59. The SMILES string of the molecule is CCCOC(=O)C(=Cc1ccccc1O)C(=O)OCCC. The Morgan fingerprint density at radius 2 is 1.57 bits per heavy atom. The third-order valence-corrected chi connectivity index (χ3v) is 2.55. The van der Waals surface area contributed by atoms with Crippen LogP contribution < -0.4 is 0 Å². The van der Waals surface area contributed by atoms with E-state index in [2.05, 4.69) is 0 Å². The van der Waals surface area contributed by atoms with Crippen molar-refractivity contribution in [3.05, 3.63) is 35.4 Å². The number of phenols is 1. The molecule has 0 amide bonds. The number of rotatable bonds is 7. The first-order valence-electron chi connectivity index (χ1n) is 6.94. The zero-order chi connectivity index (χ0) is 15.7. The monoisotopic (exact) mass is 292 g/mol. The van der Waals surface area contributed by atoms with E-state index in [9.17, 15) is 14.7 Å². The third-order valence-electron chi connectivity index (χ3n) is 2.55. The molecular weight excluding hydrogens is 272 g/mol. The lowest BCUT2D eigenvalue weighted by Crippen LogP contribution is -2.19. The minimum atomic E-state index is -0.749. The zero-order valence-electron chi connectivity index (χ0n) is 12.3. The number of para-hydroxylation sites is 1. The highest BCUT2D eigenvalue weighted by Crippen LogP contribution is 2.20. The maximum Gasteiger partial charge on any atom is 0.345 e. The molecule has 0 heterocycles. The standard InChI is InChI=1S/C16H20O5/c1-3-9-20-15(18)13(16(19)21-10-4-2)11-12-7-5-6-8-14(12)17/h5-8,11,17H,3-4,9-10H2,1-2H3. The van der Waals surface area contributed by atoms with Crippen molar-refractivity contribution in [1.29, 1.82) is 0 Å². The fourth-order valence-electron chi connectivity index (χ4n) is 1.51. The molecule has 114 valence electrons. The summed E-state index contributed by atoms with van der Waals surface area (Å²) in [7, 11) is 0. The summed E-state index contributed by atoms with van der Waals surface area (Å²) in [6, 6.07) is 6.41. The van der Waals surface area contributed by atoms with Crippen LogP contribution in [0.15, 0.2) is 29.8 Å². The second kappa shape index (κ2) is 8.79. The van der Waals surface area contributed by atoms with Gasteiger partial charge in [-0.05, 0) is 25.0 Å². The van der Waals surface area contributed by atoms with Gasteiger partial charge in [0, 0.05) is 5.56 Å². The highest BCUT2D eigenvalue weighted by molar-refractivity contribution is 6.17. The Kier molecular flexibility index (Phi) is 7.01. The Morgan fingerprint density at radius 3 is 2.05 bits per heavy atom. The molecule has 5 nitrogen and oxygen atoms in total. The van der Waals surface area contributed by atoms with E-state index in [0.717, 1.165) is 0 Å². The predicted octanol–water partition coefficient (Wildman–Crippen LogP) is 2.68. The van der Waals surface area contributed by atoms with E-state index in [1.165, 1.54) is 12.1 Å². The average Bonchev–Trinajstić information content (AvgIpc) is 2.49. The van der Waals surface area contributed by atoms with Gasteiger partial charge in [0.05, 0.1) is 13.2 Å². The highest BCUT2D eigenvalue weighted by atomic mass is 16.6. The number of ether oxygens (including phenoxy) is 2. The van der Waals surface area contributed by atoms with E-state index < -0.39 is 11.9 Å². The summed E-state index contributed by atoms with van der Waals surface area (Å²) in [4.78, 5) is 23.9. The number of phenolic OH excluding ortho intramolecular Hbond substituents is 1. The van der Waals surface area contributed by atoms with Crippen molar-refractivity contribution < 1.29 is 24.2 Å². The fraction of sp³-hybridized carbons (Fsp3) is 0.375. The summed E-state index contributed by atoms with van der Waals surface area (Å²) in [5.41, 5.74) is 0.132. The lowest BCUT2D eigenvalue weighted by atomic mass is 10.1. The van der Waals surface area contributed by atoms with E-state index in [1.807, 2.05) is 13.8 Å². The molecule has 1 N–H and O–H groups in total. The number of hydrogen-bond donors (Lipinski definition) is 1. The van der Waals surface area contributed by atoms with Crippen molar-refractivity contribution in [3.8, 4) is 5.75 Å². The van der Waals surface area contributed by atoms with Gasteiger partial charge in [0.1, 0.15) is 11.3 Å². The molecule has 0 bridgehead atoms. The molecule has 0 saturated carbocycles. The van der Waals surface area contributed by atoms with E-state index >= 15 is 0 Å². The number of carbonyl (C=O) groups is 2. The largest absolute Gasteiger partial charge is 0.507 e. The molecule has 0 atom stereocenters. The second-order valence-corrected chi connectivity index (χ2v) is 4.39. The number of hydrogen-bond acceptors (Lipinski definition) is 5. The van der Waals surface area contributed by atoms with Gasteiger partial charge in [0.25, 0.3) is 0 Å². The molecule has 0 aromatic heterocycles. The van der Waals surface area contributed by atoms with Gasteiger partial charge in [-0.1, -0.05) is 32.0 Å². The molecule has 1 aromatic carbocycles. The molecular formula is C16H20O5. The second-order valence-electron chi connectivity index (χ2n) is 4.39. The van der Waals surface area contributed by atoms with Crippen LogP contribution in [0.3, 0.4) is 0 Å². The van der Waals surface area contributed by atoms with Gasteiger partial charge in [-0.3, -0.25) is 0 Å². The van der Waals surface area contributed by atoms with Gasteiger partial charge in [-0.25, -0.2) is 9.59 Å². The smallest absolute Gasteiger partial charge is 0.345 e. The maximum atomic E-state index is 11.9. The van der Waals surface area contributed by atoms with Crippen LogP contribution >= 0.6 is 0 Å². The molecule has 0 saturated heterocycles. The lowest BCUT2D eigenvalue weighted by Gasteiger charge is -2.08. The summed E-state index contributed by atoms with van der Waals surface area (Å²) in [6.45, 7) is 4.15.